The summed E-state index contributed by atoms with van der Waals surface area (Å²) < 4.78 is 0. The Hall–Kier alpha value is -1.55. The Morgan fingerprint density at radius 3 is 2.25 bits per heavy atom. The predicted octanol–water partition coefficient (Wildman–Crippen LogP) is 3.43. The van der Waals surface area contributed by atoms with Gasteiger partial charge in [0.1, 0.15) is 0 Å². The first-order chi connectivity index (χ1) is 9.23. The third-order valence-corrected chi connectivity index (χ3v) is 3.08. The average Bonchev–Trinajstić information content (AvgIpc) is 2.35. The van der Waals surface area contributed by atoms with Gasteiger partial charge in [0.25, 0.3) is 0 Å². The van der Waals surface area contributed by atoms with Crippen molar-refractivity contribution in [1.29, 1.82) is 0 Å². The first kappa shape index (κ1) is 16.5. The van der Waals surface area contributed by atoms with Crippen molar-refractivity contribution < 1.29 is 9.90 Å². The van der Waals surface area contributed by atoms with E-state index in [4.69, 9.17) is 0 Å². The second kappa shape index (κ2) is 6.75. The number of hydrogen-bond donors (Lipinski definition) is 2. The van der Waals surface area contributed by atoms with Gasteiger partial charge in [0, 0.05) is 12.2 Å². The van der Waals surface area contributed by atoms with E-state index in [0.29, 0.717) is 19.0 Å². The number of rotatable bonds is 5. The first-order valence-electron chi connectivity index (χ1n) is 7.11. The van der Waals surface area contributed by atoms with E-state index in [1.54, 1.807) is 18.7 Å². The highest BCUT2D eigenvalue weighted by atomic mass is 16.3. The van der Waals surface area contributed by atoms with Crippen molar-refractivity contribution in [2.45, 2.75) is 46.1 Å². The number of likely N-dealkylation sites (N-methyl/N-ethyl adjacent to an activating group) is 1. The van der Waals surface area contributed by atoms with E-state index < -0.39 is 5.60 Å². The molecule has 1 rings (SSSR count). The average molecular weight is 278 g/mol. The largest absolute Gasteiger partial charge is 0.389 e. The standard InChI is InChI=1S/C16H26N2O2/c1-6-18(11-16(4,5)20)15(19)17-14-9-7-13(8-10-14)12(2)3/h7-10,12,20H,6,11H2,1-5H3,(H,17,19). The van der Waals surface area contributed by atoms with Crippen molar-refractivity contribution in [2.75, 3.05) is 18.4 Å². The maximum absolute atomic E-state index is 12.1. The SMILES string of the molecule is CCN(CC(C)(C)O)C(=O)Nc1ccc(C(C)C)cc1. The zero-order valence-corrected chi connectivity index (χ0v) is 13.1. The maximum Gasteiger partial charge on any atom is 0.321 e. The number of amides is 2. The third-order valence-electron chi connectivity index (χ3n) is 3.08. The topological polar surface area (TPSA) is 52.6 Å². The van der Waals surface area contributed by atoms with Crippen molar-refractivity contribution >= 4 is 11.7 Å². The number of nitrogens with zero attached hydrogens (tertiary/aromatic N) is 1. The smallest absolute Gasteiger partial charge is 0.321 e. The van der Waals surface area contributed by atoms with E-state index in [9.17, 15) is 9.90 Å². The zero-order chi connectivity index (χ0) is 15.3. The molecular formula is C16H26N2O2. The molecule has 1 aromatic carbocycles. The highest BCUT2D eigenvalue weighted by Gasteiger charge is 2.21. The summed E-state index contributed by atoms with van der Waals surface area (Å²) in [6.07, 6.45) is 0. The third kappa shape index (κ3) is 5.21. The highest BCUT2D eigenvalue weighted by Crippen LogP contribution is 2.17. The van der Waals surface area contributed by atoms with Crippen LogP contribution in [0, 0.1) is 0 Å². The van der Waals surface area contributed by atoms with E-state index in [1.807, 2.05) is 31.2 Å². The first-order valence-corrected chi connectivity index (χ1v) is 7.11. The van der Waals surface area contributed by atoms with Gasteiger partial charge in [-0.1, -0.05) is 26.0 Å². The van der Waals surface area contributed by atoms with Gasteiger partial charge in [0.2, 0.25) is 0 Å². The summed E-state index contributed by atoms with van der Waals surface area (Å²) in [4.78, 5) is 13.7. The molecule has 0 saturated carbocycles. The monoisotopic (exact) mass is 278 g/mol. The second-order valence-corrected chi connectivity index (χ2v) is 6.03. The Bertz CT molecular complexity index is 433. The molecule has 0 aliphatic heterocycles. The molecule has 0 atom stereocenters. The highest BCUT2D eigenvalue weighted by molar-refractivity contribution is 5.89. The van der Waals surface area contributed by atoms with Crippen LogP contribution in [-0.4, -0.2) is 34.7 Å². The Morgan fingerprint density at radius 2 is 1.85 bits per heavy atom. The Kier molecular flexibility index (Phi) is 5.57. The lowest BCUT2D eigenvalue weighted by molar-refractivity contribution is 0.0501. The molecule has 2 amide bonds. The van der Waals surface area contributed by atoms with Gasteiger partial charge < -0.3 is 15.3 Å². The number of carbonyl (C=O) groups is 1. The van der Waals surface area contributed by atoms with Gasteiger partial charge in [-0.05, 0) is 44.4 Å². The molecular weight excluding hydrogens is 252 g/mol. The van der Waals surface area contributed by atoms with Gasteiger partial charge in [-0.15, -0.1) is 0 Å². The van der Waals surface area contributed by atoms with Crippen LogP contribution in [0.3, 0.4) is 0 Å². The molecule has 0 aliphatic carbocycles. The number of aliphatic hydroxyl groups is 1. The summed E-state index contributed by atoms with van der Waals surface area (Å²) in [6.45, 7) is 10.4. The molecule has 0 spiro atoms. The summed E-state index contributed by atoms with van der Waals surface area (Å²) in [5.74, 6) is 0.474. The van der Waals surface area contributed by atoms with Crippen LogP contribution >= 0.6 is 0 Å². The second-order valence-electron chi connectivity index (χ2n) is 6.03. The molecule has 0 fully saturated rings. The molecule has 0 aromatic heterocycles. The Labute approximate surface area is 121 Å². The van der Waals surface area contributed by atoms with Crippen LogP contribution in [0.2, 0.25) is 0 Å². The minimum Gasteiger partial charge on any atom is -0.389 e. The van der Waals surface area contributed by atoms with E-state index in [2.05, 4.69) is 19.2 Å². The van der Waals surface area contributed by atoms with Crippen LogP contribution in [-0.2, 0) is 0 Å². The summed E-state index contributed by atoms with van der Waals surface area (Å²) >= 11 is 0. The van der Waals surface area contributed by atoms with Crippen molar-refractivity contribution in [3.05, 3.63) is 29.8 Å². The van der Waals surface area contributed by atoms with Gasteiger partial charge in [0.15, 0.2) is 0 Å². The molecule has 20 heavy (non-hydrogen) atoms. The summed E-state index contributed by atoms with van der Waals surface area (Å²) in [5.41, 5.74) is 1.12. The zero-order valence-electron chi connectivity index (χ0n) is 13.1. The molecule has 2 N–H and O–H groups in total. The molecule has 4 heteroatoms. The summed E-state index contributed by atoms with van der Waals surface area (Å²) in [5, 5.41) is 12.7. The molecule has 0 saturated heterocycles. The van der Waals surface area contributed by atoms with Crippen LogP contribution in [0.1, 0.15) is 46.1 Å². The predicted molar refractivity (Wildman–Crippen MR) is 83.1 cm³/mol. The summed E-state index contributed by atoms with van der Waals surface area (Å²) in [6, 6.07) is 7.67. The molecule has 0 bridgehead atoms. The molecule has 0 aliphatic rings. The Balaban J connectivity index is 2.68. The van der Waals surface area contributed by atoms with Gasteiger partial charge in [0.05, 0.1) is 12.1 Å². The maximum atomic E-state index is 12.1. The molecule has 0 heterocycles. The lowest BCUT2D eigenvalue weighted by atomic mass is 10.0. The van der Waals surface area contributed by atoms with E-state index in [-0.39, 0.29) is 6.03 Å². The quantitative estimate of drug-likeness (QED) is 0.867. The van der Waals surface area contributed by atoms with Crippen LogP contribution < -0.4 is 5.32 Å². The molecule has 112 valence electrons. The van der Waals surface area contributed by atoms with Crippen LogP contribution in [0.25, 0.3) is 0 Å². The van der Waals surface area contributed by atoms with Crippen LogP contribution in [0.5, 0.6) is 0 Å². The van der Waals surface area contributed by atoms with Crippen molar-refractivity contribution in [3.8, 4) is 0 Å². The van der Waals surface area contributed by atoms with Gasteiger partial charge >= 0.3 is 6.03 Å². The van der Waals surface area contributed by atoms with Gasteiger partial charge in [-0.2, -0.15) is 0 Å². The molecule has 0 radical (unpaired) electrons. The Morgan fingerprint density at radius 1 is 1.30 bits per heavy atom. The molecule has 0 unspecified atom stereocenters. The number of nitrogens with one attached hydrogen (secondary N) is 1. The van der Waals surface area contributed by atoms with E-state index in [1.165, 1.54) is 5.56 Å². The fraction of sp³-hybridized carbons (Fsp3) is 0.562. The molecule has 1 aromatic rings. The number of benzene rings is 1. The number of hydrogen-bond acceptors (Lipinski definition) is 2. The van der Waals surface area contributed by atoms with Crippen LogP contribution in [0.4, 0.5) is 10.5 Å². The normalized spacial score (nSPS) is 11.6. The van der Waals surface area contributed by atoms with Crippen molar-refractivity contribution in [2.24, 2.45) is 0 Å². The minimum atomic E-state index is -0.894. The number of anilines is 1. The lowest BCUT2D eigenvalue weighted by Crippen LogP contribution is -2.44. The lowest BCUT2D eigenvalue weighted by Gasteiger charge is -2.28. The minimum absolute atomic E-state index is 0.188. The van der Waals surface area contributed by atoms with Gasteiger partial charge in [-0.25, -0.2) is 4.79 Å². The van der Waals surface area contributed by atoms with E-state index >= 15 is 0 Å². The fourth-order valence-corrected chi connectivity index (χ4v) is 1.95. The van der Waals surface area contributed by atoms with Crippen molar-refractivity contribution in [3.63, 3.8) is 0 Å². The van der Waals surface area contributed by atoms with Crippen LogP contribution in [0.15, 0.2) is 24.3 Å². The van der Waals surface area contributed by atoms with E-state index in [0.717, 1.165) is 5.69 Å². The van der Waals surface area contributed by atoms with Crippen molar-refractivity contribution in [1.82, 2.24) is 4.90 Å². The number of urea groups is 1. The summed E-state index contributed by atoms with van der Waals surface area (Å²) in [7, 11) is 0. The molecule has 4 nitrogen and oxygen atoms in total. The van der Waals surface area contributed by atoms with Gasteiger partial charge in [-0.3, -0.25) is 0 Å². The fourth-order valence-electron chi connectivity index (χ4n) is 1.95. The number of carbonyl (C=O) groups excluding carboxylic acids is 1.